The SMILES string of the molecule is CCCC(C)(O)C(CC)NC. The standard InChI is InChI=1S/C9H21NO/c1-5-7-9(3,11)8(6-2)10-4/h8,10-11H,5-7H2,1-4H3. The van der Waals surface area contributed by atoms with Crippen LogP contribution in [0.1, 0.15) is 40.0 Å². The van der Waals surface area contributed by atoms with Gasteiger partial charge in [0.05, 0.1) is 5.60 Å². The summed E-state index contributed by atoms with van der Waals surface area (Å²) in [5.74, 6) is 0. The summed E-state index contributed by atoms with van der Waals surface area (Å²) < 4.78 is 0. The maximum absolute atomic E-state index is 9.91. The van der Waals surface area contributed by atoms with E-state index in [2.05, 4.69) is 19.2 Å². The Morgan fingerprint density at radius 3 is 2.27 bits per heavy atom. The van der Waals surface area contributed by atoms with Crippen molar-refractivity contribution in [1.29, 1.82) is 0 Å². The van der Waals surface area contributed by atoms with Gasteiger partial charge < -0.3 is 10.4 Å². The molecule has 0 radical (unpaired) electrons. The van der Waals surface area contributed by atoms with Crippen LogP contribution in [0.4, 0.5) is 0 Å². The van der Waals surface area contributed by atoms with Gasteiger partial charge in [-0.15, -0.1) is 0 Å². The van der Waals surface area contributed by atoms with E-state index < -0.39 is 5.60 Å². The van der Waals surface area contributed by atoms with E-state index >= 15 is 0 Å². The summed E-state index contributed by atoms with van der Waals surface area (Å²) in [6, 6.07) is 0.224. The molecular formula is C9H21NO. The van der Waals surface area contributed by atoms with Gasteiger partial charge in [-0.2, -0.15) is 0 Å². The predicted molar refractivity (Wildman–Crippen MR) is 48.7 cm³/mol. The molecule has 0 aliphatic rings. The molecule has 11 heavy (non-hydrogen) atoms. The average Bonchev–Trinajstić information content (AvgIpc) is 1.89. The van der Waals surface area contributed by atoms with E-state index in [0.717, 1.165) is 19.3 Å². The van der Waals surface area contributed by atoms with E-state index in [-0.39, 0.29) is 6.04 Å². The quantitative estimate of drug-likeness (QED) is 0.637. The van der Waals surface area contributed by atoms with Crippen LogP contribution in [-0.4, -0.2) is 23.8 Å². The van der Waals surface area contributed by atoms with Gasteiger partial charge in [0.25, 0.3) is 0 Å². The van der Waals surface area contributed by atoms with E-state index in [9.17, 15) is 5.11 Å². The van der Waals surface area contributed by atoms with Crippen molar-refractivity contribution in [3.63, 3.8) is 0 Å². The van der Waals surface area contributed by atoms with Crippen LogP contribution in [0.25, 0.3) is 0 Å². The molecule has 0 saturated carbocycles. The Kier molecular flexibility index (Phi) is 4.69. The maximum atomic E-state index is 9.91. The van der Waals surface area contributed by atoms with Crippen LogP contribution >= 0.6 is 0 Å². The molecule has 0 rings (SSSR count). The minimum Gasteiger partial charge on any atom is -0.389 e. The summed E-state index contributed by atoms with van der Waals surface area (Å²) in [5.41, 5.74) is -0.543. The first-order valence-corrected chi connectivity index (χ1v) is 4.48. The Balaban J connectivity index is 4.00. The highest BCUT2D eigenvalue weighted by molar-refractivity contribution is 4.85. The van der Waals surface area contributed by atoms with Gasteiger partial charge in [-0.25, -0.2) is 0 Å². The van der Waals surface area contributed by atoms with Gasteiger partial charge in [0.15, 0.2) is 0 Å². The molecule has 0 aromatic rings. The van der Waals surface area contributed by atoms with E-state index in [1.54, 1.807) is 0 Å². The van der Waals surface area contributed by atoms with Gasteiger partial charge in [-0.3, -0.25) is 0 Å². The largest absolute Gasteiger partial charge is 0.389 e. The highest BCUT2D eigenvalue weighted by Crippen LogP contribution is 2.18. The zero-order valence-electron chi connectivity index (χ0n) is 8.15. The number of aliphatic hydroxyl groups is 1. The molecule has 0 spiro atoms. The molecule has 68 valence electrons. The summed E-state index contributed by atoms with van der Waals surface area (Å²) in [4.78, 5) is 0. The molecule has 0 aliphatic carbocycles. The lowest BCUT2D eigenvalue weighted by Gasteiger charge is -2.31. The molecule has 0 aliphatic heterocycles. The van der Waals surface area contributed by atoms with E-state index in [1.807, 2.05) is 14.0 Å². The fraction of sp³-hybridized carbons (Fsp3) is 1.00. The summed E-state index contributed by atoms with van der Waals surface area (Å²) in [6.07, 6.45) is 2.88. The molecule has 0 bridgehead atoms. The molecule has 2 unspecified atom stereocenters. The fourth-order valence-corrected chi connectivity index (χ4v) is 1.64. The number of rotatable bonds is 5. The monoisotopic (exact) mass is 159 g/mol. The third-order valence-corrected chi connectivity index (χ3v) is 2.26. The lowest BCUT2D eigenvalue weighted by Crippen LogP contribution is -2.46. The first kappa shape index (κ1) is 10.9. The Morgan fingerprint density at radius 1 is 1.45 bits per heavy atom. The summed E-state index contributed by atoms with van der Waals surface area (Å²) in [5, 5.41) is 13.0. The van der Waals surface area contributed by atoms with Crippen LogP contribution in [0.15, 0.2) is 0 Å². The van der Waals surface area contributed by atoms with Crippen molar-refractivity contribution in [2.45, 2.75) is 51.7 Å². The van der Waals surface area contributed by atoms with Crippen LogP contribution in [0.3, 0.4) is 0 Å². The zero-order valence-corrected chi connectivity index (χ0v) is 8.15. The second kappa shape index (κ2) is 4.73. The molecule has 0 heterocycles. The van der Waals surface area contributed by atoms with Crippen LogP contribution in [0, 0.1) is 0 Å². The van der Waals surface area contributed by atoms with Crippen LogP contribution < -0.4 is 5.32 Å². The lowest BCUT2D eigenvalue weighted by atomic mass is 9.90. The molecule has 0 aromatic heterocycles. The molecule has 0 saturated heterocycles. The van der Waals surface area contributed by atoms with Crippen LogP contribution in [0.5, 0.6) is 0 Å². The zero-order chi connectivity index (χ0) is 8.91. The molecular weight excluding hydrogens is 138 g/mol. The van der Waals surface area contributed by atoms with E-state index in [4.69, 9.17) is 0 Å². The average molecular weight is 159 g/mol. The number of hydrogen-bond acceptors (Lipinski definition) is 2. The first-order valence-electron chi connectivity index (χ1n) is 4.48. The summed E-state index contributed by atoms with van der Waals surface area (Å²) in [6.45, 7) is 6.09. The van der Waals surface area contributed by atoms with Gasteiger partial charge in [0.1, 0.15) is 0 Å². The minimum absolute atomic E-state index is 0.224. The number of likely N-dealkylation sites (N-methyl/N-ethyl adjacent to an activating group) is 1. The van der Waals surface area contributed by atoms with Crippen molar-refractivity contribution in [3.05, 3.63) is 0 Å². The van der Waals surface area contributed by atoms with Crippen LogP contribution in [-0.2, 0) is 0 Å². The third kappa shape index (κ3) is 3.21. The van der Waals surface area contributed by atoms with Crippen molar-refractivity contribution < 1.29 is 5.11 Å². The Bertz CT molecular complexity index is 97.7. The molecule has 0 amide bonds. The van der Waals surface area contributed by atoms with Crippen LogP contribution in [0.2, 0.25) is 0 Å². The van der Waals surface area contributed by atoms with Gasteiger partial charge >= 0.3 is 0 Å². The lowest BCUT2D eigenvalue weighted by molar-refractivity contribution is 0.0118. The Hall–Kier alpha value is -0.0800. The van der Waals surface area contributed by atoms with E-state index in [1.165, 1.54) is 0 Å². The van der Waals surface area contributed by atoms with Crippen molar-refractivity contribution in [2.75, 3.05) is 7.05 Å². The van der Waals surface area contributed by atoms with Gasteiger partial charge in [-0.05, 0) is 26.8 Å². The smallest absolute Gasteiger partial charge is 0.0771 e. The molecule has 2 atom stereocenters. The van der Waals surface area contributed by atoms with Gasteiger partial charge in [-0.1, -0.05) is 20.3 Å². The van der Waals surface area contributed by atoms with Crippen molar-refractivity contribution in [2.24, 2.45) is 0 Å². The second-order valence-electron chi connectivity index (χ2n) is 3.36. The first-order chi connectivity index (χ1) is 5.08. The fourth-order valence-electron chi connectivity index (χ4n) is 1.64. The third-order valence-electron chi connectivity index (χ3n) is 2.26. The number of hydrogen-bond donors (Lipinski definition) is 2. The summed E-state index contributed by atoms with van der Waals surface area (Å²) in [7, 11) is 1.90. The normalized spacial score (nSPS) is 19.4. The molecule has 2 N–H and O–H groups in total. The molecule has 0 aromatic carbocycles. The maximum Gasteiger partial charge on any atom is 0.0771 e. The molecule has 2 nitrogen and oxygen atoms in total. The summed E-state index contributed by atoms with van der Waals surface area (Å²) >= 11 is 0. The van der Waals surface area contributed by atoms with Gasteiger partial charge in [0.2, 0.25) is 0 Å². The number of nitrogens with one attached hydrogen (secondary N) is 1. The predicted octanol–water partition coefficient (Wildman–Crippen LogP) is 1.54. The second-order valence-corrected chi connectivity index (χ2v) is 3.36. The van der Waals surface area contributed by atoms with Crippen molar-refractivity contribution in [3.8, 4) is 0 Å². The van der Waals surface area contributed by atoms with Crippen molar-refractivity contribution in [1.82, 2.24) is 5.32 Å². The van der Waals surface area contributed by atoms with Gasteiger partial charge in [0, 0.05) is 6.04 Å². The Labute approximate surface area is 70.0 Å². The van der Waals surface area contributed by atoms with Crippen molar-refractivity contribution >= 4 is 0 Å². The molecule has 2 heteroatoms. The Morgan fingerprint density at radius 2 is 2.00 bits per heavy atom. The minimum atomic E-state index is -0.543. The highest BCUT2D eigenvalue weighted by atomic mass is 16.3. The highest BCUT2D eigenvalue weighted by Gasteiger charge is 2.27. The topological polar surface area (TPSA) is 32.3 Å². The molecule has 0 fully saturated rings. The van der Waals surface area contributed by atoms with E-state index in [0.29, 0.717) is 0 Å².